The summed E-state index contributed by atoms with van der Waals surface area (Å²) in [4.78, 5) is 0. The fourth-order valence-electron chi connectivity index (χ4n) is 1.28. The quantitative estimate of drug-likeness (QED) is 0.759. The van der Waals surface area contributed by atoms with Crippen molar-refractivity contribution in [3.8, 4) is 5.75 Å². The lowest BCUT2D eigenvalue weighted by molar-refractivity contribution is 0.190. The summed E-state index contributed by atoms with van der Waals surface area (Å²) in [5.41, 5.74) is 0.484. The van der Waals surface area contributed by atoms with Gasteiger partial charge in [0.05, 0.1) is 20.3 Å². The van der Waals surface area contributed by atoms with Crippen LogP contribution in [0, 0.1) is 5.82 Å². The molecule has 0 unspecified atom stereocenters. The van der Waals surface area contributed by atoms with Gasteiger partial charge in [-0.1, -0.05) is 0 Å². The molecule has 0 aliphatic carbocycles. The van der Waals surface area contributed by atoms with Gasteiger partial charge in [0.25, 0.3) is 0 Å². The van der Waals surface area contributed by atoms with Gasteiger partial charge in [-0.25, -0.2) is 4.39 Å². The first kappa shape index (κ1) is 10.9. The van der Waals surface area contributed by atoms with Gasteiger partial charge in [0.1, 0.15) is 11.6 Å². The van der Waals surface area contributed by atoms with Crippen LogP contribution in [0.25, 0.3) is 0 Å². The molecule has 3 nitrogen and oxygen atoms in total. The van der Waals surface area contributed by atoms with Crippen LogP contribution in [0.3, 0.4) is 0 Å². The third-order valence-corrected chi connectivity index (χ3v) is 2.07. The van der Waals surface area contributed by atoms with Crippen molar-refractivity contribution < 1.29 is 19.3 Å². The third kappa shape index (κ3) is 2.21. The molecule has 1 aromatic carbocycles. The fourth-order valence-corrected chi connectivity index (χ4v) is 1.28. The van der Waals surface area contributed by atoms with Gasteiger partial charge in [-0.2, -0.15) is 0 Å². The Kier molecular flexibility index (Phi) is 3.85. The fraction of sp³-hybridized carbons (Fsp3) is 0.400. The average Bonchev–Trinajstić information content (AvgIpc) is 2.20. The predicted molar refractivity (Wildman–Crippen MR) is 49.9 cm³/mol. The second-order valence-electron chi connectivity index (χ2n) is 2.95. The summed E-state index contributed by atoms with van der Waals surface area (Å²) in [7, 11) is 1.46. The Bertz CT molecular complexity index is 297. The second kappa shape index (κ2) is 4.93. The number of halogens is 1. The minimum Gasteiger partial charge on any atom is -0.496 e. The van der Waals surface area contributed by atoms with Gasteiger partial charge in [0, 0.05) is 11.5 Å². The van der Waals surface area contributed by atoms with Crippen LogP contribution >= 0.6 is 0 Å². The number of benzene rings is 1. The van der Waals surface area contributed by atoms with Crippen molar-refractivity contribution in [2.45, 2.75) is 5.92 Å². The van der Waals surface area contributed by atoms with Gasteiger partial charge in [-0.3, -0.25) is 0 Å². The minimum atomic E-state index is -0.499. The highest BCUT2D eigenvalue weighted by Crippen LogP contribution is 2.26. The maximum Gasteiger partial charge on any atom is 0.123 e. The molecule has 4 heteroatoms. The van der Waals surface area contributed by atoms with E-state index < -0.39 is 11.7 Å². The smallest absolute Gasteiger partial charge is 0.123 e. The van der Waals surface area contributed by atoms with Gasteiger partial charge in [-0.15, -0.1) is 0 Å². The predicted octanol–water partition coefficient (Wildman–Crippen LogP) is 0.902. The van der Waals surface area contributed by atoms with Crippen LogP contribution in [0.1, 0.15) is 11.5 Å². The highest BCUT2D eigenvalue weighted by molar-refractivity contribution is 5.37. The first-order valence-corrected chi connectivity index (χ1v) is 4.28. The van der Waals surface area contributed by atoms with Crippen LogP contribution in [0.5, 0.6) is 5.75 Å². The van der Waals surface area contributed by atoms with Gasteiger partial charge >= 0.3 is 0 Å². The molecule has 0 saturated heterocycles. The van der Waals surface area contributed by atoms with Crippen LogP contribution in [-0.2, 0) is 0 Å². The van der Waals surface area contributed by atoms with Gasteiger partial charge in [0.15, 0.2) is 0 Å². The zero-order chi connectivity index (χ0) is 10.6. The molecular formula is C10H13FO3. The number of hydrogen-bond acceptors (Lipinski definition) is 3. The highest BCUT2D eigenvalue weighted by Gasteiger charge is 2.15. The van der Waals surface area contributed by atoms with Gasteiger partial charge in [-0.05, 0) is 18.2 Å². The van der Waals surface area contributed by atoms with Gasteiger partial charge in [0.2, 0.25) is 0 Å². The Morgan fingerprint density at radius 3 is 2.50 bits per heavy atom. The molecule has 0 spiro atoms. The Hall–Kier alpha value is -1.13. The molecule has 0 amide bonds. The maximum absolute atomic E-state index is 12.9. The van der Waals surface area contributed by atoms with E-state index in [1.807, 2.05) is 0 Å². The topological polar surface area (TPSA) is 49.7 Å². The normalized spacial score (nSPS) is 10.6. The summed E-state index contributed by atoms with van der Waals surface area (Å²) in [6, 6.07) is 4.01. The number of hydrogen-bond donors (Lipinski definition) is 2. The molecule has 78 valence electrons. The SMILES string of the molecule is COc1ccc(F)cc1C(CO)CO. The molecule has 0 aliphatic heterocycles. The molecule has 0 radical (unpaired) electrons. The molecule has 1 aromatic rings. The maximum atomic E-state index is 12.9. The molecule has 0 heterocycles. The molecule has 0 fully saturated rings. The third-order valence-electron chi connectivity index (χ3n) is 2.07. The lowest BCUT2D eigenvalue weighted by Crippen LogP contribution is -2.10. The van der Waals surface area contributed by atoms with Crippen LogP contribution in [0.4, 0.5) is 4.39 Å². The van der Waals surface area contributed by atoms with E-state index in [1.165, 1.54) is 25.3 Å². The van der Waals surface area contributed by atoms with E-state index in [0.717, 1.165) is 0 Å². The lowest BCUT2D eigenvalue weighted by atomic mass is 10.00. The van der Waals surface area contributed by atoms with Crippen molar-refractivity contribution in [3.05, 3.63) is 29.6 Å². The molecule has 0 atom stereocenters. The Balaban J connectivity index is 3.08. The summed E-state index contributed by atoms with van der Waals surface area (Å²) in [6.45, 7) is -0.480. The number of aliphatic hydroxyl groups is 2. The standard InChI is InChI=1S/C10H13FO3/c1-14-10-3-2-8(11)4-9(10)7(5-12)6-13/h2-4,7,12-13H,5-6H2,1H3. The summed E-state index contributed by atoms with van der Waals surface area (Å²) in [6.07, 6.45) is 0. The lowest BCUT2D eigenvalue weighted by Gasteiger charge is -2.15. The van der Waals surface area contributed by atoms with Crippen molar-refractivity contribution in [2.24, 2.45) is 0 Å². The van der Waals surface area contributed by atoms with E-state index >= 15 is 0 Å². The van der Waals surface area contributed by atoms with E-state index in [4.69, 9.17) is 14.9 Å². The first-order valence-electron chi connectivity index (χ1n) is 4.28. The van der Waals surface area contributed by atoms with E-state index in [-0.39, 0.29) is 13.2 Å². The van der Waals surface area contributed by atoms with Crippen molar-refractivity contribution in [1.82, 2.24) is 0 Å². The van der Waals surface area contributed by atoms with Gasteiger partial charge < -0.3 is 14.9 Å². The molecule has 0 saturated carbocycles. The minimum absolute atomic E-state index is 0.240. The van der Waals surface area contributed by atoms with Crippen LogP contribution < -0.4 is 4.74 Å². The van der Waals surface area contributed by atoms with Crippen molar-refractivity contribution in [2.75, 3.05) is 20.3 Å². The van der Waals surface area contributed by atoms with E-state index in [2.05, 4.69) is 0 Å². The zero-order valence-corrected chi connectivity index (χ0v) is 7.90. The van der Waals surface area contributed by atoms with Crippen molar-refractivity contribution in [1.29, 1.82) is 0 Å². The number of rotatable bonds is 4. The summed E-state index contributed by atoms with van der Waals surface area (Å²) >= 11 is 0. The van der Waals surface area contributed by atoms with E-state index in [0.29, 0.717) is 11.3 Å². The number of ether oxygens (including phenoxy) is 1. The van der Waals surface area contributed by atoms with Crippen molar-refractivity contribution in [3.63, 3.8) is 0 Å². The average molecular weight is 200 g/mol. The molecular weight excluding hydrogens is 187 g/mol. The van der Waals surface area contributed by atoms with Crippen LogP contribution in [-0.4, -0.2) is 30.5 Å². The zero-order valence-electron chi connectivity index (χ0n) is 7.90. The summed E-state index contributed by atoms with van der Waals surface area (Å²) in [5, 5.41) is 17.9. The molecule has 0 bridgehead atoms. The number of aliphatic hydroxyl groups excluding tert-OH is 2. The van der Waals surface area contributed by atoms with Crippen LogP contribution in [0.15, 0.2) is 18.2 Å². The van der Waals surface area contributed by atoms with Crippen molar-refractivity contribution >= 4 is 0 Å². The molecule has 0 aromatic heterocycles. The monoisotopic (exact) mass is 200 g/mol. The molecule has 0 aliphatic rings. The largest absolute Gasteiger partial charge is 0.496 e. The summed E-state index contributed by atoms with van der Waals surface area (Å²) in [5.74, 6) is -0.437. The molecule has 14 heavy (non-hydrogen) atoms. The van der Waals surface area contributed by atoms with Crippen LogP contribution in [0.2, 0.25) is 0 Å². The Labute approximate surface area is 81.8 Å². The first-order chi connectivity index (χ1) is 6.72. The number of methoxy groups -OCH3 is 1. The second-order valence-corrected chi connectivity index (χ2v) is 2.95. The van der Waals surface area contributed by atoms with E-state index in [9.17, 15) is 4.39 Å². The van der Waals surface area contributed by atoms with E-state index in [1.54, 1.807) is 0 Å². The molecule has 1 rings (SSSR count). The molecule has 2 N–H and O–H groups in total. The Morgan fingerprint density at radius 1 is 1.36 bits per heavy atom. The summed E-state index contributed by atoms with van der Waals surface area (Å²) < 4.78 is 17.9. The highest BCUT2D eigenvalue weighted by atomic mass is 19.1. The Morgan fingerprint density at radius 2 is 2.00 bits per heavy atom.